The van der Waals surface area contributed by atoms with Gasteiger partial charge in [0.05, 0.1) is 0 Å². The number of likely N-dealkylation sites (tertiary alicyclic amines) is 1. The molecule has 1 aliphatic heterocycles. The molecule has 0 aromatic rings. The molecule has 0 amide bonds. The second kappa shape index (κ2) is 6.75. The van der Waals surface area contributed by atoms with Crippen LogP contribution >= 0.6 is 11.8 Å². The average Bonchev–Trinajstić information content (AvgIpc) is 2.14. The van der Waals surface area contributed by atoms with Crippen molar-refractivity contribution in [1.82, 2.24) is 4.90 Å². The van der Waals surface area contributed by atoms with E-state index in [0.717, 1.165) is 12.3 Å². The maximum atomic E-state index is 5.41. The number of nitrogens with zero attached hydrogens (tertiary/aromatic N) is 1. The van der Waals surface area contributed by atoms with Crippen molar-refractivity contribution in [2.24, 2.45) is 5.73 Å². The monoisotopic (exact) mass is 188 g/mol. The van der Waals surface area contributed by atoms with Gasteiger partial charge in [-0.05, 0) is 25.9 Å². The summed E-state index contributed by atoms with van der Waals surface area (Å²) in [6.07, 6.45) is 4.25. The number of hydrogen-bond acceptors (Lipinski definition) is 3. The lowest BCUT2D eigenvalue weighted by molar-refractivity contribution is 0.242. The highest BCUT2D eigenvalue weighted by molar-refractivity contribution is 7.99. The summed E-state index contributed by atoms with van der Waals surface area (Å²) in [6, 6.07) is 0. The number of hydrogen-bond donors (Lipinski definition) is 1. The van der Waals surface area contributed by atoms with Gasteiger partial charge in [0.15, 0.2) is 0 Å². The summed E-state index contributed by atoms with van der Waals surface area (Å²) in [4.78, 5) is 2.58. The van der Waals surface area contributed by atoms with Gasteiger partial charge in [-0.25, -0.2) is 0 Å². The van der Waals surface area contributed by atoms with E-state index in [-0.39, 0.29) is 0 Å². The molecule has 0 spiro atoms. The van der Waals surface area contributed by atoms with Gasteiger partial charge in [-0.15, -0.1) is 0 Å². The molecule has 0 aliphatic carbocycles. The number of piperidine rings is 1. The molecule has 1 rings (SSSR count). The van der Waals surface area contributed by atoms with Gasteiger partial charge in [-0.3, -0.25) is 0 Å². The van der Waals surface area contributed by atoms with E-state index in [2.05, 4.69) is 4.90 Å². The first-order valence-corrected chi connectivity index (χ1v) is 6.09. The van der Waals surface area contributed by atoms with Gasteiger partial charge >= 0.3 is 0 Å². The van der Waals surface area contributed by atoms with Crippen LogP contribution in [0.5, 0.6) is 0 Å². The lowest BCUT2D eigenvalue weighted by atomic mass is 10.1. The maximum absolute atomic E-state index is 5.41. The predicted molar refractivity (Wildman–Crippen MR) is 56.7 cm³/mol. The average molecular weight is 188 g/mol. The zero-order chi connectivity index (χ0) is 8.65. The molecular formula is C9H20N2S. The fourth-order valence-electron chi connectivity index (χ4n) is 1.56. The van der Waals surface area contributed by atoms with Crippen molar-refractivity contribution in [3.05, 3.63) is 0 Å². The molecule has 1 aliphatic rings. The molecule has 1 fully saturated rings. The third-order valence-corrected chi connectivity index (χ3v) is 3.26. The van der Waals surface area contributed by atoms with Crippen LogP contribution < -0.4 is 5.73 Å². The molecule has 0 aromatic carbocycles. The first-order chi connectivity index (χ1) is 5.93. The van der Waals surface area contributed by atoms with Crippen LogP contribution in [0.25, 0.3) is 0 Å². The van der Waals surface area contributed by atoms with Crippen LogP contribution in [0.3, 0.4) is 0 Å². The van der Waals surface area contributed by atoms with Gasteiger partial charge in [0.25, 0.3) is 0 Å². The largest absolute Gasteiger partial charge is 0.330 e. The Hall–Kier alpha value is 0.270. The van der Waals surface area contributed by atoms with Gasteiger partial charge < -0.3 is 10.6 Å². The molecule has 3 heteroatoms. The van der Waals surface area contributed by atoms with Crippen molar-refractivity contribution in [2.45, 2.75) is 19.3 Å². The summed E-state index contributed by atoms with van der Waals surface area (Å²) in [5.74, 6) is 2.38. The van der Waals surface area contributed by atoms with Crippen molar-refractivity contribution in [3.8, 4) is 0 Å². The van der Waals surface area contributed by atoms with Crippen molar-refractivity contribution < 1.29 is 0 Å². The molecule has 72 valence electrons. The first-order valence-electron chi connectivity index (χ1n) is 4.93. The quantitative estimate of drug-likeness (QED) is 0.657. The van der Waals surface area contributed by atoms with Crippen LogP contribution in [0.2, 0.25) is 0 Å². The standard InChI is InChI=1S/C9H20N2S/c10-4-8-12-9-7-11-5-2-1-3-6-11/h1-10H2. The lowest BCUT2D eigenvalue weighted by Gasteiger charge is -2.25. The topological polar surface area (TPSA) is 29.3 Å². The van der Waals surface area contributed by atoms with E-state index in [4.69, 9.17) is 5.73 Å². The molecule has 12 heavy (non-hydrogen) atoms. The second-order valence-electron chi connectivity index (χ2n) is 3.30. The highest BCUT2D eigenvalue weighted by atomic mass is 32.2. The van der Waals surface area contributed by atoms with Crippen molar-refractivity contribution >= 4 is 11.8 Å². The van der Waals surface area contributed by atoms with E-state index in [9.17, 15) is 0 Å². The van der Waals surface area contributed by atoms with Crippen molar-refractivity contribution in [2.75, 3.05) is 37.7 Å². The molecule has 0 atom stereocenters. The molecular weight excluding hydrogens is 168 g/mol. The minimum absolute atomic E-state index is 0.824. The fourth-order valence-corrected chi connectivity index (χ4v) is 2.32. The minimum atomic E-state index is 0.824. The molecule has 0 aromatic heterocycles. The SMILES string of the molecule is NCCSCCN1CCCCC1. The first kappa shape index (κ1) is 10.4. The van der Waals surface area contributed by atoms with E-state index in [1.54, 1.807) is 0 Å². The van der Waals surface area contributed by atoms with E-state index >= 15 is 0 Å². The number of rotatable bonds is 5. The molecule has 1 saturated heterocycles. The lowest BCUT2D eigenvalue weighted by Crippen LogP contribution is -2.31. The second-order valence-corrected chi connectivity index (χ2v) is 4.53. The molecule has 0 saturated carbocycles. The highest BCUT2D eigenvalue weighted by Gasteiger charge is 2.08. The third kappa shape index (κ3) is 4.33. The third-order valence-electron chi connectivity index (χ3n) is 2.26. The van der Waals surface area contributed by atoms with Gasteiger partial charge in [0, 0.05) is 24.6 Å². The summed E-state index contributed by atoms with van der Waals surface area (Å²) < 4.78 is 0. The minimum Gasteiger partial charge on any atom is -0.330 e. The summed E-state index contributed by atoms with van der Waals surface area (Å²) in [7, 11) is 0. The summed E-state index contributed by atoms with van der Waals surface area (Å²) in [6.45, 7) is 4.74. The van der Waals surface area contributed by atoms with Gasteiger partial charge in [0.2, 0.25) is 0 Å². The molecule has 0 unspecified atom stereocenters. The Kier molecular flexibility index (Phi) is 5.82. The van der Waals surface area contributed by atoms with Crippen LogP contribution in [-0.4, -0.2) is 42.6 Å². The van der Waals surface area contributed by atoms with Crippen LogP contribution in [0.15, 0.2) is 0 Å². The fraction of sp³-hybridized carbons (Fsp3) is 1.00. The Labute approximate surface area is 79.9 Å². The number of thioether (sulfide) groups is 1. The molecule has 1 heterocycles. The summed E-state index contributed by atoms with van der Waals surface area (Å²) in [5.41, 5.74) is 5.41. The Bertz CT molecular complexity index is 103. The van der Waals surface area contributed by atoms with Crippen LogP contribution in [0.1, 0.15) is 19.3 Å². The predicted octanol–water partition coefficient (Wildman–Crippen LogP) is 1.16. The van der Waals surface area contributed by atoms with Crippen LogP contribution in [0, 0.1) is 0 Å². The molecule has 0 radical (unpaired) electrons. The zero-order valence-corrected chi connectivity index (χ0v) is 8.61. The van der Waals surface area contributed by atoms with E-state index in [1.807, 2.05) is 11.8 Å². The van der Waals surface area contributed by atoms with Gasteiger partial charge in [0.1, 0.15) is 0 Å². The summed E-state index contributed by atoms with van der Waals surface area (Å²) >= 11 is 1.98. The van der Waals surface area contributed by atoms with E-state index < -0.39 is 0 Å². The Morgan fingerprint density at radius 3 is 2.50 bits per heavy atom. The smallest absolute Gasteiger partial charge is 0.00723 e. The zero-order valence-electron chi connectivity index (χ0n) is 7.80. The molecule has 2 N–H and O–H groups in total. The highest BCUT2D eigenvalue weighted by Crippen LogP contribution is 2.09. The van der Waals surface area contributed by atoms with Crippen LogP contribution in [-0.2, 0) is 0 Å². The maximum Gasteiger partial charge on any atom is 0.00723 e. The molecule has 0 bridgehead atoms. The Morgan fingerprint density at radius 2 is 1.83 bits per heavy atom. The van der Waals surface area contributed by atoms with Crippen molar-refractivity contribution in [3.63, 3.8) is 0 Å². The van der Waals surface area contributed by atoms with Crippen LogP contribution in [0.4, 0.5) is 0 Å². The van der Waals surface area contributed by atoms with E-state index in [1.165, 1.54) is 44.6 Å². The normalized spacial score (nSPS) is 19.8. The number of nitrogens with two attached hydrogens (primary N) is 1. The van der Waals surface area contributed by atoms with Crippen molar-refractivity contribution in [1.29, 1.82) is 0 Å². The van der Waals surface area contributed by atoms with Gasteiger partial charge in [-0.1, -0.05) is 6.42 Å². The van der Waals surface area contributed by atoms with E-state index in [0.29, 0.717) is 0 Å². The Morgan fingerprint density at radius 1 is 1.08 bits per heavy atom. The molecule has 2 nitrogen and oxygen atoms in total. The summed E-state index contributed by atoms with van der Waals surface area (Å²) in [5, 5.41) is 0. The van der Waals surface area contributed by atoms with Gasteiger partial charge in [-0.2, -0.15) is 11.8 Å². The Balaban J connectivity index is 1.91.